The van der Waals surface area contributed by atoms with Crippen molar-refractivity contribution >= 4 is 23.4 Å². The van der Waals surface area contributed by atoms with Crippen LogP contribution in [0.4, 0.5) is 5.69 Å². The number of carbonyl (C=O) groups excluding carboxylic acids is 3. The molecule has 9 nitrogen and oxygen atoms in total. The zero-order chi connectivity index (χ0) is 24.5. The van der Waals surface area contributed by atoms with Gasteiger partial charge in [-0.1, -0.05) is 24.3 Å². The van der Waals surface area contributed by atoms with E-state index in [1.807, 2.05) is 6.07 Å². The zero-order valence-corrected chi connectivity index (χ0v) is 19.4. The number of aromatic nitrogens is 1. The van der Waals surface area contributed by atoms with E-state index in [-0.39, 0.29) is 30.7 Å². The van der Waals surface area contributed by atoms with E-state index in [1.54, 1.807) is 64.7 Å². The average molecular weight is 473 g/mol. The molecule has 0 radical (unpaired) electrons. The molecule has 2 aliphatic rings. The summed E-state index contributed by atoms with van der Waals surface area (Å²) in [5.41, 5.74) is 2.80. The highest BCUT2D eigenvalue weighted by Crippen LogP contribution is 2.49. The van der Waals surface area contributed by atoms with Crippen LogP contribution in [-0.4, -0.2) is 48.4 Å². The lowest BCUT2D eigenvalue weighted by molar-refractivity contribution is -0.121. The van der Waals surface area contributed by atoms with Crippen LogP contribution in [-0.2, 0) is 11.3 Å². The molecule has 1 atom stereocenters. The van der Waals surface area contributed by atoms with Gasteiger partial charge in [0.25, 0.3) is 11.8 Å². The fourth-order valence-corrected chi connectivity index (χ4v) is 4.66. The molecule has 0 saturated heterocycles. The van der Waals surface area contributed by atoms with E-state index in [4.69, 9.17) is 9.47 Å². The lowest BCUT2D eigenvalue weighted by Gasteiger charge is -2.40. The number of nitrogens with one attached hydrogen (secondary N) is 1. The summed E-state index contributed by atoms with van der Waals surface area (Å²) in [6.45, 7) is 0.478. The molecule has 5 rings (SSSR count). The molecule has 2 aliphatic heterocycles. The molecule has 0 saturated carbocycles. The van der Waals surface area contributed by atoms with E-state index in [2.05, 4.69) is 10.3 Å². The molecule has 3 aromatic rings. The number of anilines is 1. The smallest absolute Gasteiger partial charge is 0.264 e. The number of benzene rings is 2. The van der Waals surface area contributed by atoms with Crippen molar-refractivity contribution in [3.05, 3.63) is 83.2 Å². The van der Waals surface area contributed by atoms with Gasteiger partial charge in [-0.05, 0) is 29.8 Å². The van der Waals surface area contributed by atoms with Crippen LogP contribution in [0, 0.1) is 0 Å². The van der Waals surface area contributed by atoms with Crippen molar-refractivity contribution in [3.63, 3.8) is 0 Å². The van der Waals surface area contributed by atoms with E-state index in [9.17, 15) is 14.4 Å². The second-order valence-corrected chi connectivity index (χ2v) is 8.22. The number of nitrogens with zero attached hydrogens (tertiary/aromatic N) is 3. The predicted octanol–water partition coefficient (Wildman–Crippen LogP) is 2.92. The number of rotatable bonds is 7. The normalized spacial score (nSPS) is 15.9. The molecule has 178 valence electrons. The first-order chi connectivity index (χ1) is 17.0. The van der Waals surface area contributed by atoms with Gasteiger partial charge in [-0.25, -0.2) is 0 Å². The molecule has 3 amide bonds. The molecule has 0 unspecified atom stereocenters. The minimum Gasteiger partial charge on any atom is -0.493 e. The fourth-order valence-electron chi connectivity index (χ4n) is 4.66. The number of pyridine rings is 1. The number of para-hydroxylation sites is 1. The Bertz CT molecular complexity index is 1310. The SMILES string of the molecule is COc1ccc2c(c1OC)C(=O)N1c3ccccc3C(=O)N(CCC(=O)NCc3cccnc3)[C@@H]21. The predicted molar refractivity (Wildman–Crippen MR) is 127 cm³/mol. The number of hydrogen-bond donors (Lipinski definition) is 1. The average Bonchev–Trinajstić information content (AvgIpc) is 3.19. The molecular weight excluding hydrogens is 448 g/mol. The summed E-state index contributed by atoms with van der Waals surface area (Å²) in [7, 11) is 2.98. The van der Waals surface area contributed by atoms with Gasteiger partial charge in [-0.3, -0.25) is 24.3 Å². The first kappa shape index (κ1) is 22.4. The Morgan fingerprint density at radius 3 is 2.60 bits per heavy atom. The highest BCUT2D eigenvalue weighted by molar-refractivity contribution is 6.18. The molecule has 3 heterocycles. The Balaban J connectivity index is 1.46. The second-order valence-electron chi connectivity index (χ2n) is 8.22. The van der Waals surface area contributed by atoms with Crippen molar-refractivity contribution in [1.29, 1.82) is 0 Å². The molecule has 1 N–H and O–H groups in total. The highest BCUT2D eigenvalue weighted by atomic mass is 16.5. The van der Waals surface area contributed by atoms with Crippen molar-refractivity contribution in [2.24, 2.45) is 0 Å². The first-order valence-corrected chi connectivity index (χ1v) is 11.2. The fraction of sp³-hybridized carbons (Fsp3) is 0.231. The van der Waals surface area contributed by atoms with Crippen LogP contribution >= 0.6 is 0 Å². The third-order valence-electron chi connectivity index (χ3n) is 6.28. The van der Waals surface area contributed by atoms with Crippen LogP contribution in [0.3, 0.4) is 0 Å². The Morgan fingerprint density at radius 2 is 1.86 bits per heavy atom. The van der Waals surface area contributed by atoms with Gasteiger partial charge in [-0.2, -0.15) is 0 Å². The van der Waals surface area contributed by atoms with Crippen LogP contribution in [0.15, 0.2) is 60.9 Å². The maximum atomic E-state index is 13.7. The number of carbonyl (C=O) groups is 3. The van der Waals surface area contributed by atoms with Crippen molar-refractivity contribution in [3.8, 4) is 11.5 Å². The number of methoxy groups -OCH3 is 2. The molecule has 0 bridgehead atoms. The van der Waals surface area contributed by atoms with Gasteiger partial charge in [0.05, 0.1) is 31.0 Å². The summed E-state index contributed by atoms with van der Waals surface area (Å²) >= 11 is 0. The molecule has 0 spiro atoms. The minimum absolute atomic E-state index is 0.0787. The summed E-state index contributed by atoms with van der Waals surface area (Å²) in [6, 6.07) is 14.2. The summed E-state index contributed by atoms with van der Waals surface area (Å²) in [5, 5.41) is 2.86. The van der Waals surface area contributed by atoms with Gasteiger partial charge in [0.1, 0.15) is 6.17 Å². The van der Waals surface area contributed by atoms with E-state index < -0.39 is 6.17 Å². The van der Waals surface area contributed by atoms with Gasteiger partial charge in [0.2, 0.25) is 5.91 Å². The van der Waals surface area contributed by atoms with Crippen molar-refractivity contribution in [2.75, 3.05) is 25.7 Å². The third kappa shape index (κ3) is 3.74. The van der Waals surface area contributed by atoms with Crippen molar-refractivity contribution < 1.29 is 23.9 Å². The monoisotopic (exact) mass is 472 g/mol. The number of fused-ring (bicyclic) bond motifs is 5. The van der Waals surface area contributed by atoms with E-state index in [0.29, 0.717) is 40.4 Å². The Labute approximate surface area is 202 Å². The molecule has 9 heteroatoms. The quantitative estimate of drug-likeness (QED) is 0.568. The molecule has 35 heavy (non-hydrogen) atoms. The Hall–Kier alpha value is -4.40. The van der Waals surface area contributed by atoms with Crippen molar-refractivity contribution in [1.82, 2.24) is 15.2 Å². The summed E-state index contributed by atoms with van der Waals surface area (Å²) in [4.78, 5) is 47.0. The van der Waals surface area contributed by atoms with Gasteiger partial charge >= 0.3 is 0 Å². The first-order valence-electron chi connectivity index (χ1n) is 11.2. The number of ether oxygens (including phenoxy) is 2. The minimum atomic E-state index is -0.689. The number of amides is 3. The zero-order valence-electron chi connectivity index (χ0n) is 19.4. The lowest BCUT2D eigenvalue weighted by Crippen LogP contribution is -2.49. The number of hydrogen-bond acceptors (Lipinski definition) is 6. The topological polar surface area (TPSA) is 101 Å². The van der Waals surface area contributed by atoms with E-state index >= 15 is 0 Å². The molecule has 1 aromatic heterocycles. The molecular formula is C26H24N4O5. The van der Waals surface area contributed by atoms with Crippen LogP contribution in [0.25, 0.3) is 0 Å². The molecule has 0 aliphatic carbocycles. The van der Waals surface area contributed by atoms with Crippen molar-refractivity contribution in [2.45, 2.75) is 19.1 Å². The van der Waals surface area contributed by atoms with Crippen LogP contribution < -0.4 is 19.7 Å². The Morgan fingerprint density at radius 1 is 1.03 bits per heavy atom. The largest absolute Gasteiger partial charge is 0.493 e. The highest BCUT2D eigenvalue weighted by Gasteiger charge is 2.49. The summed E-state index contributed by atoms with van der Waals surface area (Å²) < 4.78 is 10.9. The molecule has 0 fully saturated rings. The van der Waals surface area contributed by atoms with Gasteiger partial charge < -0.3 is 19.7 Å². The Kier molecular flexibility index (Phi) is 5.82. The molecule has 2 aromatic carbocycles. The maximum absolute atomic E-state index is 13.7. The van der Waals surface area contributed by atoms with E-state index in [0.717, 1.165) is 5.56 Å². The maximum Gasteiger partial charge on any atom is 0.264 e. The second kappa shape index (κ2) is 9.09. The van der Waals surface area contributed by atoms with Gasteiger partial charge in [-0.15, -0.1) is 0 Å². The van der Waals surface area contributed by atoms with Crippen LogP contribution in [0.5, 0.6) is 11.5 Å². The summed E-state index contributed by atoms with van der Waals surface area (Å²) in [5.74, 6) is 0.0249. The van der Waals surface area contributed by atoms with Crippen LogP contribution in [0.2, 0.25) is 0 Å². The van der Waals surface area contributed by atoms with Gasteiger partial charge in [0.15, 0.2) is 11.5 Å². The van der Waals surface area contributed by atoms with Gasteiger partial charge in [0, 0.05) is 37.5 Å². The van der Waals surface area contributed by atoms with Crippen LogP contribution in [0.1, 0.15) is 44.4 Å². The standard InChI is InChI=1S/C26H24N4O5/c1-34-20-10-9-18-22(23(20)35-2)26(33)30-19-8-4-3-7-17(19)25(32)29(24(18)30)13-11-21(31)28-15-16-6-5-12-27-14-16/h3-10,12,14,24H,11,13,15H2,1-2H3,(H,28,31)/t24-/m1/s1. The third-order valence-corrected chi connectivity index (χ3v) is 6.28. The van der Waals surface area contributed by atoms with E-state index in [1.165, 1.54) is 14.2 Å². The lowest BCUT2D eigenvalue weighted by atomic mass is 10.0. The summed E-state index contributed by atoms with van der Waals surface area (Å²) in [6.07, 6.45) is 2.74.